The molecule has 0 radical (unpaired) electrons. The van der Waals surface area contributed by atoms with Crippen LogP contribution in [0.1, 0.15) is 51.9 Å². The van der Waals surface area contributed by atoms with Crippen molar-refractivity contribution < 1.29 is 24.5 Å². The third-order valence-corrected chi connectivity index (χ3v) is 4.26. The van der Waals surface area contributed by atoms with Gasteiger partial charge in [0.2, 0.25) is 0 Å². The van der Waals surface area contributed by atoms with E-state index in [1.165, 1.54) is 0 Å². The van der Waals surface area contributed by atoms with E-state index < -0.39 is 30.0 Å². The number of ketones is 1. The van der Waals surface area contributed by atoms with Crippen LogP contribution in [0, 0.1) is 23.2 Å². The molecule has 0 bridgehead atoms. The molecule has 6 heteroatoms. The third kappa shape index (κ3) is 6.81. The number of hydrogen-bond donors (Lipinski definition) is 2. The van der Waals surface area contributed by atoms with Crippen molar-refractivity contribution in [3.8, 4) is 6.07 Å². The number of Topliss-reactive ketones (excluding diaryl/α,β-unsaturated/α-hetero) is 1. The summed E-state index contributed by atoms with van der Waals surface area (Å²) in [6, 6.07) is 1.87. The number of nitriles is 1. The third-order valence-electron chi connectivity index (χ3n) is 4.26. The van der Waals surface area contributed by atoms with Gasteiger partial charge in [0.1, 0.15) is 12.4 Å². The molecule has 0 amide bonds. The summed E-state index contributed by atoms with van der Waals surface area (Å²) in [5.74, 6) is -1.83. The molecule has 134 valence electrons. The Bertz CT molecular complexity index is 482. The van der Waals surface area contributed by atoms with Crippen molar-refractivity contribution in [2.24, 2.45) is 11.8 Å². The van der Waals surface area contributed by atoms with Crippen LogP contribution in [0.4, 0.5) is 0 Å². The molecule has 0 aromatic rings. The smallest absolute Gasteiger partial charge is 0.306 e. The number of ether oxygens (including phenoxy) is 1. The molecule has 1 aliphatic rings. The van der Waals surface area contributed by atoms with Crippen molar-refractivity contribution in [1.82, 2.24) is 0 Å². The normalized spacial score (nSPS) is 24.9. The highest BCUT2D eigenvalue weighted by molar-refractivity contribution is 5.88. The van der Waals surface area contributed by atoms with Crippen LogP contribution >= 0.6 is 0 Å². The van der Waals surface area contributed by atoms with Crippen LogP contribution in [0.15, 0.2) is 12.2 Å². The van der Waals surface area contributed by atoms with Crippen molar-refractivity contribution >= 4 is 11.8 Å². The highest BCUT2D eigenvalue weighted by Crippen LogP contribution is 2.33. The van der Waals surface area contributed by atoms with Crippen molar-refractivity contribution in [3.63, 3.8) is 0 Å². The lowest BCUT2D eigenvalue weighted by atomic mass is 9.90. The average Bonchev–Trinajstić information content (AvgIpc) is 2.79. The Morgan fingerprint density at radius 1 is 1.50 bits per heavy atom. The molecule has 1 aliphatic carbocycles. The standard InChI is InChI=1S/C18H27NO5/c1-2-3-4-6-13(20)7-8-14-15(17(22)12-16(14)21)11-18(23)24-10-5-9-19/h7-8,13-16,20-21H,2-6,10-12H2,1H3/t13-,14+,15+,16+/m0/s1. The minimum atomic E-state index is -0.839. The molecular weight excluding hydrogens is 310 g/mol. The van der Waals surface area contributed by atoms with Crippen LogP contribution in [0.5, 0.6) is 0 Å². The molecule has 1 saturated carbocycles. The Kier molecular flexibility index (Phi) is 9.28. The highest BCUT2D eigenvalue weighted by atomic mass is 16.5. The number of hydrogen-bond acceptors (Lipinski definition) is 6. The molecule has 0 unspecified atom stereocenters. The largest absolute Gasteiger partial charge is 0.465 e. The van der Waals surface area contributed by atoms with E-state index in [9.17, 15) is 19.8 Å². The van der Waals surface area contributed by atoms with Gasteiger partial charge in [0, 0.05) is 18.3 Å². The molecule has 1 rings (SSSR count). The van der Waals surface area contributed by atoms with Gasteiger partial charge in [-0.3, -0.25) is 9.59 Å². The second kappa shape index (κ2) is 11.0. The van der Waals surface area contributed by atoms with Crippen LogP contribution in [0.2, 0.25) is 0 Å². The number of aliphatic hydroxyl groups excluding tert-OH is 2. The lowest BCUT2D eigenvalue weighted by Crippen LogP contribution is -2.23. The number of carbonyl (C=O) groups excluding carboxylic acids is 2. The molecule has 0 aromatic heterocycles. The lowest BCUT2D eigenvalue weighted by Gasteiger charge is -2.17. The molecule has 0 aliphatic heterocycles. The van der Waals surface area contributed by atoms with Crippen molar-refractivity contribution in [1.29, 1.82) is 5.26 Å². The summed E-state index contributed by atoms with van der Waals surface area (Å²) in [7, 11) is 0. The van der Waals surface area contributed by atoms with Crippen LogP contribution in [0.3, 0.4) is 0 Å². The van der Waals surface area contributed by atoms with Gasteiger partial charge < -0.3 is 14.9 Å². The molecular formula is C18H27NO5. The maximum Gasteiger partial charge on any atom is 0.306 e. The quantitative estimate of drug-likeness (QED) is 0.358. The van der Waals surface area contributed by atoms with Gasteiger partial charge in [-0.1, -0.05) is 38.3 Å². The molecule has 6 nitrogen and oxygen atoms in total. The summed E-state index contributed by atoms with van der Waals surface area (Å²) in [5, 5.41) is 28.4. The minimum Gasteiger partial charge on any atom is -0.465 e. The zero-order valence-electron chi connectivity index (χ0n) is 14.2. The van der Waals surface area contributed by atoms with Gasteiger partial charge in [0.05, 0.1) is 31.1 Å². The van der Waals surface area contributed by atoms with Gasteiger partial charge in [-0.05, 0) is 6.42 Å². The van der Waals surface area contributed by atoms with E-state index in [1.54, 1.807) is 12.2 Å². The first-order chi connectivity index (χ1) is 11.5. The summed E-state index contributed by atoms with van der Waals surface area (Å²) in [4.78, 5) is 23.7. The monoisotopic (exact) mass is 337 g/mol. The molecule has 24 heavy (non-hydrogen) atoms. The molecule has 0 heterocycles. The second-order valence-electron chi connectivity index (χ2n) is 6.20. The molecule has 4 atom stereocenters. The van der Waals surface area contributed by atoms with E-state index >= 15 is 0 Å². The van der Waals surface area contributed by atoms with E-state index in [-0.39, 0.29) is 31.7 Å². The SMILES string of the molecule is CCCCC[C@H](O)C=C[C@H]1[C@H](O)CC(=O)[C@@H]1CC(=O)OCCC#N. The average molecular weight is 337 g/mol. The van der Waals surface area contributed by atoms with E-state index in [2.05, 4.69) is 6.92 Å². The van der Waals surface area contributed by atoms with Crippen LogP contribution in [-0.2, 0) is 14.3 Å². The van der Waals surface area contributed by atoms with E-state index in [4.69, 9.17) is 10.00 Å². The number of aliphatic hydroxyl groups is 2. The zero-order valence-corrected chi connectivity index (χ0v) is 14.2. The van der Waals surface area contributed by atoms with E-state index in [0.717, 1.165) is 19.3 Å². The summed E-state index contributed by atoms with van der Waals surface area (Å²) >= 11 is 0. The molecule has 0 spiro atoms. The Balaban J connectivity index is 2.57. The maximum absolute atomic E-state index is 12.0. The predicted octanol–water partition coefficient (Wildman–Crippen LogP) is 1.90. The first kappa shape index (κ1) is 20.3. The number of carbonyl (C=O) groups is 2. The first-order valence-corrected chi connectivity index (χ1v) is 8.59. The molecule has 0 saturated heterocycles. The number of rotatable bonds is 10. The van der Waals surface area contributed by atoms with Crippen LogP contribution < -0.4 is 0 Å². The van der Waals surface area contributed by atoms with Crippen LogP contribution in [-0.4, -0.2) is 40.8 Å². The highest BCUT2D eigenvalue weighted by Gasteiger charge is 2.41. The molecule has 0 aromatic carbocycles. The molecule has 1 fully saturated rings. The number of esters is 1. The van der Waals surface area contributed by atoms with Gasteiger partial charge in [0.15, 0.2) is 0 Å². The minimum absolute atomic E-state index is 0.00937. The Morgan fingerprint density at radius 3 is 2.92 bits per heavy atom. The predicted molar refractivity (Wildman–Crippen MR) is 87.7 cm³/mol. The fourth-order valence-electron chi connectivity index (χ4n) is 2.89. The summed E-state index contributed by atoms with van der Waals surface area (Å²) in [5.41, 5.74) is 0. The summed E-state index contributed by atoms with van der Waals surface area (Å²) in [6.07, 6.45) is 5.51. The topological polar surface area (TPSA) is 108 Å². The van der Waals surface area contributed by atoms with Crippen LogP contribution in [0.25, 0.3) is 0 Å². The van der Waals surface area contributed by atoms with Gasteiger partial charge >= 0.3 is 5.97 Å². The van der Waals surface area contributed by atoms with Gasteiger partial charge in [-0.2, -0.15) is 5.26 Å². The number of unbranched alkanes of at least 4 members (excludes halogenated alkanes) is 2. The van der Waals surface area contributed by atoms with Crippen molar-refractivity contribution in [3.05, 3.63) is 12.2 Å². The Hall–Kier alpha value is -1.71. The lowest BCUT2D eigenvalue weighted by molar-refractivity contribution is -0.146. The van der Waals surface area contributed by atoms with Crippen molar-refractivity contribution in [2.75, 3.05) is 6.61 Å². The van der Waals surface area contributed by atoms with Gasteiger partial charge in [-0.25, -0.2) is 0 Å². The van der Waals surface area contributed by atoms with E-state index in [1.807, 2.05) is 6.07 Å². The van der Waals surface area contributed by atoms with Crippen molar-refractivity contribution in [2.45, 2.75) is 64.1 Å². The zero-order chi connectivity index (χ0) is 17.9. The van der Waals surface area contributed by atoms with Gasteiger partial charge in [-0.15, -0.1) is 0 Å². The van der Waals surface area contributed by atoms with Gasteiger partial charge in [0.25, 0.3) is 0 Å². The number of nitrogens with zero attached hydrogens (tertiary/aromatic N) is 1. The first-order valence-electron chi connectivity index (χ1n) is 8.59. The summed E-state index contributed by atoms with van der Waals surface area (Å²) in [6.45, 7) is 2.10. The fraction of sp³-hybridized carbons (Fsp3) is 0.722. The Labute approximate surface area is 143 Å². The Morgan fingerprint density at radius 2 is 2.25 bits per heavy atom. The molecule has 2 N–H and O–H groups in total. The second-order valence-corrected chi connectivity index (χ2v) is 6.20. The fourth-order valence-corrected chi connectivity index (χ4v) is 2.89. The maximum atomic E-state index is 12.0. The van der Waals surface area contributed by atoms with E-state index in [0.29, 0.717) is 6.42 Å². The summed E-state index contributed by atoms with van der Waals surface area (Å²) < 4.78 is 4.90.